The minimum Gasteiger partial charge on any atom is -0.506 e. The number of nitrogens with one attached hydrogen (secondary N) is 1. The zero-order valence-corrected chi connectivity index (χ0v) is 21.1. The number of anilines is 1. The SMILES string of the molecule is N#CCC(Cl)c1cc(-c2ccccc2)c(Cl)cc1NC(=O)c1cc(I)cc(I)c1O. The highest BCUT2D eigenvalue weighted by molar-refractivity contribution is 14.1. The van der Waals surface area contributed by atoms with Crippen molar-refractivity contribution in [1.29, 1.82) is 5.26 Å². The molecule has 0 bridgehead atoms. The number of amides is 1. The highest BCUT2D eigenvalue weighted by Gasteiger charge is 2.21. The predicted octanol–water partition coefficient (Wildman–Crippen LogP) is 7.37. The first-order valence-electron chi connectivity index (χ1n) is 8.71. The molecule has 2 N–H and O–H groups in total. The molecular formula is C22H14Cl2I2N2O2. The van der Waals surface area contributed by atoms with Gasteiger partial charge in [-0.25, -0.2) is 0 Å². The number of nitriles is 1. The van der Waals surface area contributed by atoms with Crippen LogP contribution in [-0.2, 0) is 0 Å². The molecule has 1 atom stereocenters. The molecule has 3 aromatic rings. The van der Waals surface area contributed by atoms with E-state index in [1.807, 2.05) is 52.9 Å². The summed E-state index contributed by atoms with van der Waals surface area (Å²) in [6.45, 7) is 0. The van der Waals surface area contributed by atoms with Gasteiger partial charge in [0.2, 0.25) is 0 Å². The summed E-state index contributed by atoms with van der Waals surface area (Å²) in [6.07, 6.45) is 0.0622. The fourth-order valence-electron chi connectivity index (χ4n) is 2.92. The maximum Gasteiger partial charge on any atom is 0.259 e. The number of hydrogen-bond donors (Lipinski definition) is 2. The molecule has 0 aliphatic heterocycles. The Morgan fingerprint density at radius 3 is 2.53 bits per heavy atom. The summed E-state index contributed by atoms with van der Waals surface area (Å²) in [5, 5.41) is 22.0. The van der Waals surface area contributed by atoms with Crippen LogP contribution in [-0.4, -0.2) is 11.0 Å². The van der Waals surface area contributed by atoms with E-state index in [1.54, 1.807) is 24.3 Å². The lowest BCUT2D eigenvalue weighted by molar-refractivity contribution is 0.102. The third kappa shape index (κ3) is 5.19. The minimum atomic E-state index is -0.644. The molecule has 0 radical (unpaired) electrons. The molecule has 30 heavy (non-hydrogen) atoms. The minimum absolute atomic E-state index is 0.0622. The quantitative estimate of drug-likeness (QED) is 0.221. The topological polar surface area (TPSA) is 73.1 Å². The van der Waals surface area contributed by atoms with Gasteiger partial charge in [0.05, 0.1) is 32.0 Å². The third-order valence-electron chi connectivity index (χ3n) is 4.35. The van der Waals surface area contributed by atoms with E-state index >= 15 is 0 Å². The van der Waals surface area contributed by atoms with Gasteiger partial charge < -0.3 is 10.4 Å². The third-order valence-corrected chi connectivity index (χ3v) is 6.50. The van der Waals surface area contributed by atoms with E-state index in [-0.39, 0.29) is 17.7 Å². The Morgan fingerprint density at radius 1 is 1.17 bits per heavy atom. The molecule has 0 saturated carbocycles. The molecule has 0 aliphatic rings. The van der Waals surface area contributed by atoms with Crippen LogP contribution in [0.2, 0.25) is 5.02 Å². The highest BCUT2D eigenvalue weighted by atomic mass is 127. The van der Waals surface area contributed by atoms with Crippen molar-refractivity contribution in [1.82, 2.24) is 0 Å². The number of aromatic hydroxyl groups is 1. The van der Waals surface area contributed by atoms with E-state index in [2.05, 4.69) is 34.0 Å². The first-order chi connectivity index (χ1) is 14.3. The molecule has 0 fully saturated rings. The van der Waals surface area contributed by atoms with Crippen molar-refractivity contribution >= 4 is 80.0 Å². The second-order valence-corrected chi connectivity index (χ2v) is 9.69. The van der Waals surface area contributed by atoms with Crippen molar-refractivity contribution in [3.05, 3.63) is 77.9 Å². The summed E-state index contributed by atoms with van der Waals surface area (Å²) in [5.74, 6) is -0.587. The Hall–Kier alpha value is -1.54. The van der Waals surface area contributed by atoms with Gasteiger partial charge in [-0.15, -0.1) is 11.6 Å². The Labute approximate surface area is 211 Å². The fraction of sp³-hybridized carbons (Fsp3) is 0.0909. The number of halogens is 4. The molecule has 3 aromatic carbocycles. The molecule has 152 valence electrons. The Kier molecular flexibility index (Phi) is 7.85. The van der Waals surface area contributed by atoms with Gasteiger partial charge in [-0.05, 0) is 80.6 Å². The molecule has 0 saturated heterocycles. The van der Waals surface area contributed by atoms with Crippen LogP contribution in [0.5, 0.6) is 5.75 Å². The maximum atomic E-state index is 12.9. The van der Waals surface area contributed by atoms with Gasteiger partial charge in [-0.1, -0.05) is 41.9 Å². The van der Waals surface area contributed by atoms with Crippen molar-refractivity contribution in [2.45, 2.75) is 11.8 Å². The van der Waals surface area contributed by atoms with E-state index in [0.717, 1.165) is 14.7 Å². The normalized spacial score (nSPS) is 11.6. The summed E-state index contributed by atoms with van der Waals surface area (Å²) in [7, 11) is 0. The van der Waals surface area contributed by atoms with Crippen molar-refractivity contribution < 1.29 is 9.90 Å². The predicted molar refractivity (Wildman–Crippen MR) is 137 cm³/mol. The Morgan fingerprint density at radius 2 is 1.87 bits per heavy atom. The number of rotatable bonds is 5. The van der Waals surface area contributed by atoms with Crippen LogP contribution in [0.15, 0.2) is 54.6 Å². The Bertz CT molecular complexity index is 1150. The number of alkyl halides is 1. The van der Waals surface area contributed by atoms with Gasteiger partial charge in [0.25, 0.3) is 5.91 Å². The number of nitrogens with zero attached hydrogens (tertiary/aromatic N) is 1. The fourth-order valence-corrected chi connectivity index (χ4v) is 5.28. The first kappa shape index (κ1) is 23.1. The molecule has 8 heteroatoms. The van der Waals surface area contributed by atoms with E-state index < -0.39 is 11.3 Å². The van der Waals surface area contributed by atoms with Gasteiger partial charge >= 0.3 is 0 Å². The van der Waals surface area contributed by atoms with Gasteiger partial charge in [0.1, 0.15) is 5.75 Å². The zero-order valence-electron chi connectivity index (χ0n) is 15.3. The zero-order chi connectivity index (χ0) is 21.8. The number of benzene rings is 3. The van der Waals surface area contributed by atoms with Crippen LogP contribution < -0.4 is 5.32 Å². The van der Waals surface area contributed by atoms with Gasteiger partial charge in [0.15, 0.2) is 0 Å². The monoisotopic (exact) mass is 662 g/mol. The molecule has 0 aliphatic carbocycles. The molecule has 3 rings (SSSR count). The average molecular weight is 663 g/mol. The summed E-state index contributed by atoms with van der Waals surface area (Å²) >= 11 is 17.0. The van der Waals surface area contributed by atoms with Crippen LogP contribution in [0.1, 0.15) is 27.7 Å². The second-order valence-electron chi connectivity index (χ2n) is 6.35. The van der Waals surface area contributed by atoms with E-state index in [9.17, 15) is 9.90 Å². The largest absolute Gasteiger partial charge is 0.506 e. The summed E-state index contributed by atoms with van der Waals surface area (Å²) in [4.78, 5) is 12.9. The van der Waals surface area contributed by atoms with Gasteiger partial charge in [0, 0.05) is 14.8 Å². The lowest BCUT2D eigenvalue weighted by atomic mass is 9.98. The molecule has 0 aromatic heterocycles. The molecule has 4 nitrogen and oxygen atoms in total. The summed E-state index contributed by atoms with van der Waals surface area (Å²) in [5.41, 5.74) is 2.77. The Balaban J connectivity index is 2.07. The van der Waals surface area contributed by atoms with Gasteiger partial charge in [-0.2, -0.15) is 5.26 Å². The van der Waals surface area contributed by atoms with E-state index in [4.69, 9.17) is 28.5 Å². The number of carbonyl (C=O) groups excluding carboxylic acids is 1. The van der Waals surface area contributed by atoms with Crippen LogP contribution in [0.25, 0.3) is 11.1 Å². The highest BCUT2D eigenvalue weighted by Crippen LogP contribution is 2.39. The van der Waals surface area contributed by atoms with Gasteiger partial charge in [-0.3, -0.25) is 4.79 Å². The molecule has 1 unspecified atom stereocenters. The van der Waals surface area contributed by atoms with E-state index in [0.29, 0.717) is 19.8 Å². The summed E-state index contributed by atoms with van der Waals surface area (Å²) < 4.78 is 1.39. The number of hydrogen-bond acceptors (Lipinski definition) is 3. The lowest BCUT2D eigenvalue weighted by Gasteiger charge is -2.18. The van der Waals surface area contributed by atoms with Crippen molar-refractivity contribution in [2.75, 3.05) is 5.32 Å². The molecule has 0 spiro atoms. The number of carbonyl (C=O) groups is 1. The van der Waals surface area contributed by atoms with Crippen LogP contribution in [0, 0.1) is 18.5 Å². The van der Waals surface area contributed by atoms with Crippen molar-refractivity contribution in [3.8, 4) is 22.9 Å². The molecule has 0 heterocycles. The standard InChI is InChI=1S/C22H14Cl2I2N2O2/c23-17(6-7-27)15-10-14(12-4-2-1-3-5-12)18(24)11-20(15)28-22(30)16-8-13(25)9-19(26)21(16)29/h1-5,8-11,17,29H,6H2,(H,28,30). The lowest BCUT2D eigenvalue weighted by Crippen LogP contribution is -2.15. The molecule has 1 amide bonds. The smallest absolute Gasteiger partial charge is 0.259 e. The average Bonchev–Trinajstić information content (AvgIpc) is 2.71. The van der Waals surface area contributed by atoms with Crippen LogP contribution >= 0.6 is 68.4 Å². The van der Waals surface area contributed by atoms with Crippen molar-refractivity contribution in [2.24, 2.45) is 0 Å². The van der Waals surface area contributed by atoms with Crippen molar-refractivity contribution in [3.63, 3.8) is 0 Å². The second kappa shape index (κ2) is 10.2. The molecular weight excluding hydrogens is 649 g/mol. The van der Waals surface area contributed by atoms with E-state index in [1.165, 1.54) is 0 Å². The van der Waals surface area contributed by atoms with Crippen LogP contribution in [0.3, 0.4) is 0 Å². The first-order valence-corrected chi connectivity index (χ1v) is 11.7. The number of phenolic OH excluding ortho intramolecular Hbond substituents is 1. The summed E-state index contributed by atoms with van der Waals surface area (Å²) in [6, 6.07) is 18.4. The maximum absolute atomic E-state index is 12.9. The number of phenols is 1. The van der Waals surface area contributed by atoms with Crippen LogP contribution in [0.4, 0.5) is 5.69 Å².